The van der Waals surface area contributed by atoms with E-state index in [1.54, 1.807) is 24.3 Å². The van der Waals surface area contributed by atoms with E-state index in [1.807, 2.05) is 44.2 Å². The molecule has 0 saturated carbocycles. The number of ether oxygens (including phenoxy) is 1. The highest BCUT2D eigenvalue weighted by Crippen LogP contribution is 2.22. The summed E-state index contributed by atoms with van der Waals surface area (Å²) in [5, 5.41) is 6.27. The number of carbonyl (C=O) groups is 1. The van der Waals surface area contributed by atoms with E-state index in [0.29, 0.717) is 12.2 Å². The summed E-state index contributed by atoms with van der Waals surface area (Å²) in [5.41, 5.74) is 3.13. The molecule has 1 aliphatic heterocycles. The minimum absolute atomic E-state index is 0.161. The molecular weight excluding hydrogens is 402 g/mol. The summed E-state index contributed by atoms with van der Waals surface area (Å²) in [6.07, 6.45) is 3.64. The number of piperidine rings is 1. The van der Waals surface area contributed by atoms with Gasteiger partial charge >= 0.3 is 0 Å². The smallest absolute Gasteiger partial charge is 0.255 e. The maximum Gasteiger partial charge on any atom is 0.255 e. The molecule has 1 aliphatic rings. The standard InChI is InChI=1S/C25H29N5O2/c1-3-32-22-13-7-19(8-14-22)24(31)28-21-11-9-20(10-12-21)27-23-17-18(2)26-25(29-23)30-15-5-4-6-16-30/h7-14,17H,3-6,15-16H2,1-2H3,(H,28,31)(H,26,27,29). The number of carbonyl (C=O) groups excluding carboxylic acids is 1. The van der Waals surface area contributed by atoms with Crippen LogP contribution in [0.3, 0.4) is 0 Å². The molecule has 0 aliphatic carbocycles. The third-order valence-corrected chi connectivity index (χ3v) is 5.32. The third-order valence-electron chi connectivity index (χ3n) is 5.32. The van der Waals surface area contributed by atoms with Gasteiger partial charge in [0.15, 0.2) is 0 Å². The molecule has 2 heterocycles. The van der Waals surface area contributed by atoms with E-state index in [4.69, 9.17) is 9.72 Å². The van der Waals surface area contributed by atoms with Crippen LogP contribution >= 0.6 is 0 Å². The van der Waals surface area contributed by atoms with Gasteiger partial charge in [0.2, 0.25) is 5.95 Å². The van der Waals surface area contributed by atoms with Crippen LogP contribution < -0.4 is 20.3 Å². The number of aromatic nitrogens is 2. The Kier molecular flexibility index (Phi) is 6.84. The lowest BCUT2D eigenvalue weighted by molar-refractivity contribution is 0.102. The predicted octanol–water partition coefficient (Wildman–Crippen LogP) is 5.17. The quantitative estimate of drug-likeness (QED) is 0.537. The predicted molar refractivity (Wildman–Crippen MR) is 128 cm³/mol. The number of anilines is 4. The Labute approximate surface area is 188 Å². The molecule has 1 fully saturated rings. The van der Waals surface area contributed by atoms with Crippen LogP contribution in [0.4, 0.5) is 23.1 Å². The van der Waals surface area contributed by atoms with E-state index < -0.39 is 0 Å². The number of benzene rings is 2. The summed E-state index contributed by atoms with van der Waals surface area (Å²) >= 11 is 0. The fraction of sp³-hybridized carbons (Fsp3) is 0.320. The normalized spacial score (nSPS) is 13.5. The highest BCUT2D eigenvalue weighted by molar-refractivity contribution is 6.04. The van der Waals surface area contributed by atoms with E-state index in [-0.39, 0.29) is 5.91 Å². The Hall–Kier alpha value is -3.61. The van der Waals surface area contributed by atoms with Crippen molar-refractivity contribution in [3.8, 4) is 5.75 Å². The average molecular weight is 432 g/mol. The van der Waals surface area contributed by atoms with Crippen LogP contribution in [0.25, 0.3) is 0 Å². The first kappa shape index (κ1) is 21.6. The van der Waals surface area contributed by atoms with Gasteiger partial charge < -0.3 is 20.3 Å². The SMILES string of the molecule is CCOc1ccc(C(=O)Nc2ccc(Nc3cc(C)nc(N4CCCCC4)n3)cc2)cc1. The van der Waals surface area contributed by atoms with Crippen LogP contribution in [0.5, 0.6) is 5.75 Å². The molecule has 0 atom stereocenters. The molecule has 0 unspecified atom stereocenters. The van der Waals surface area contributed by atoms with Crippen LogP contribution in [0, 0.1) is 6.92 Å². The van der Waals surface area contributed by atoms with Gasteiger partial charge in [0.1, 0.15) is 11.6 Å². The van der Waals surface area contributed by atoms with E-state index in [1.165, 1.54) is 19.3 Å². The van der Waals surface area contributed by atoms with Crippen molar-refractivity contribution in [2.24, 2.45) is 0 Å². The van der Waals surface area contributed by atoms with Gasteiger partial charge in [0, 0.05) is 41.8 Å². The van der Waals surface area contributed by atoms with Crippen molar-refractivity contribution in [3.63, 3.8) is 0 Å². The summed E-state index contributed by atoms with van der Waals surface area (Å²) in [6.45, 7) is 6.52. The number of nitrogens with one attached hydrogen (secondary N) is 2. The molecule has 32 heavy (non-hydrogen) atoms. The highest BCUT2D eigenvalue weighted by atomic mass is 16.5. The van der Waals surface area contributed by atoms with Crippen molar-refractivity contribution in [3.05, 3.63) is 65.9 Å². The molecule has 0 radical (unpaired) electrons. The van der Waals surface area contributed by atoms with Crippen LogP contribution in [0.1, 0.15) is 42.2 Å². The maximum atomic E-state index is 12.5. The number of amides is 1. The van der Waals surface area contributed by atoms with Crippen LogP contribution in [-0.4, -0.2) is 35.6 Å². The van der Waals surface area contributed by atoms with Gasteiger partial charge in [0.05, 0.1) is 6.61 Å². The lowest BCUT2D eigenvalue weighted by Crippen LogP contribution is -2.31. The Morgan fingerprint density at radius 2 is 1.66 bits per heavy atom. The molecule has 4 rings (SSSR count). The first-order valence-electron chi connectivity index (χ1n) is 11.1. The zero-order valence-electron chi connectivity index (χ0n) is 18.6. The van der Waals surface area contributed by atoms with Crippen LogP contribution in [-0.2, 0) is 0 Å². The summed E-state index contributed by atoms with van der Waals surface area (Å²) in [7, 11) is 0. The average Bonchev–Trinajstić information content (AvgIpc) is 2.81. The lowest BCUT2D eigenvalue weighted by atomic mass is 10.1. The Bertz CT molecular complexity index is 1040. The van der Waals surface area contributed by atoms with Gasteiger partial charge in [-0.15, -0.1) is 0 Å². The van der Waals surface area contributed by atoms with E-state index in [0.717, 1.165) is 47.7 Å². The first-order valence-corrected chi connectivity index (χ1v) is 11.1. The van der Waals surface area contributed by atoms with Gasteiger partial charge in [-0.1, -0.05) is 0 Å². The third kappa shape index (κ3) is 5.55. The van der Waals surface area contributed by atoms with Crippen molar-refractivity contribution < 1.29 is 9.53 Å². The zero-order chi connectivity index (χ0) is 22.3. The molecule has 1 amide bonds. The summed E-state index contributed by atoms with van der Waals surface area (Å²) in [6, 6.07) is 16.6. The molecule has 7 heteroatoms. The van der Waals surface area contributed by atoms with E-state index >= 15 is 0 Å². The first-order chi connectivity index (χ1) is 15.6. The molecule has 166 valence electrons. The number of rotatable bonds is 7. The molecule has 1 aromatic heterocycles. The fourth-order valence-corrected chi connectivity index (χ4v) is 3.71. The van der Waals surface area contributed by atoms with E-state index in [9.17, 15) is 4.79 Å². The summed E-state index contributed by atoms with van der Waals surface area (Å²) in [5.74, 6) is 2.14. The van der Waals surface area contributed by atoms with Gasteiger partial charge in [-0.3, -0.25) is 4.79 Å². The fourth-order valence-electron chi connectivity index (χ4n) is 3.71. The van der Waals surface area contributed by atoms with Gasteiger partial charge in [-0.05, 0) is 81.6 Å². The number of nitrogens with zero attached hydrogens (tertiary/aromatic N) is 3. The van der Waals surface area contributed by atoms with Crippen molar-refractivity contribution in [2.45, 2.75) is 33.1 Å². The second-order valence-corrected chi connectivity index (χ2v) is 7.86. The van der Waals surface area contributed by atoms with Crippen LogP contribution in [0.2, 0.25) is 0 Å². The molecule has 0 spiro atoms. The molecular formula is C25H29N5O2. The van der Waals surface area contributed by atoms with Gasteiger partial charge in [-0.2, -0.15) is 4.98 Å². The monoisotopic (exact) mass is 431 g/mol. The second-order valence-electron chi connectivity index (χ2n) is 7.86. The summed E-state index contributed by atoms with van der Waals surface area (Å²) < 4.78 is 5.42. The van der Waals surface area contributed by atoms with Crippen molar-refractivity contribution in [1.82, 2.24) is 9.97 Å². The zero-order valence-corrected chi connectivity index (χ0v) is 18.6. The molecule has 1 saturated heterocycles. The second kappa shape index (κ2) is 10.1. The van der Waals surface area contributed by atoms with Crippen molar-refractivity contribution in [1.29, 1.82) is 0 Å². The Balaban J connectivity index is 1.39. The van der Waals surface area contributed by atoms with Crippen molar-refractivity contribution in [2.75, 3.05) is 35.2 Å². The Morgan fingerprint density at radius 3 is 2.34 bits per heavy atom. The van der Waals surface area contributed by atoms with Gasteiger partial charge in [0.25, 0.3) is 5.91 Å². The number of hydrogen-bond acceptors (Lipinski definition) is 6. The largest absolute Gasteiger partial charge is 0.494 e. The molecule has 2 aromatic carbocycles. The lowest BCUT2D eigenvalue weighted by Gasteiger charge is -2.27. The van der Waals surface area contributed by atoms with Gasteiger partial charge in [-0.25, -0.2) is 4.98 Å². The molecule has 3 aromatic rings. The molecule has 2 N–H and O–H groups in total. The topological polar surface area (TPSA) is 79.4 Å². The number of aryl methyl sites for hydroxylation is 1. The highest BCUT2D eigenvalue weighted by Gasteiger charge is 2.15. The number of hydrogen-bond donors (Lipinski definition) is 2. The molecule has 0 bridgehead atoms. The minimum Gasteiger partial charge on any atom is -0.494 e. The Morgan fingerprint density at radius 1 is 0.969 bits per heavy atom. The maximum absolute atomic E-state index is 12.5. The van der Waals surface area contributed by atoms with E-state index in [2.05, 4.69) is 20.5 Å². The minimum atomic E-state index is -0.161. The summed E-state index contributed by atoms with van der Waals surface area (Å²) in [4.78, 5) is 24.1. The van der Waals surface area contributed by atoms with Crippen LogP contribution in [0.15, 0.2) is 54.6 Å². The molecule has 7 nitrogen and oxygen atoms in total. The van der Waals surface area contributed by atoms with Crippen molar-refractivity contribution >= 4 is 29.0 Å².